The fourth-order valence-electron chi connectivity index (χ4n) is 1.87. The van der Waals surface area contributed by atoms with Gasteiger partial charge < -0.3 is 15.2 Å². The molecule has 0 aliphatic rings. The highest BCUT2D eigenvalue weighted by Gasteiger charge is 2.19. The summed E-state index contributed by atoms with van der Waals surface area (Å²) < 4.78 is 5.11. The number of carboxylic acid groups (broad SMARTS) is 1. The van der Waals surface area contributed by atoms with Crippen molar-refractivity contribution in [3.05, 3.63) is 36.0 Å². The van der Waals surface area contributed by atoms with Gasteiger partial charge in [0.05, 0.1) is 7.11 Å². The van der Waals surface area contributed by atoms with Crippen LogP contribution in [0, 0.1) is 0 Å². The van der Waals surface area contributed by atoms with E-state index in [1.54, 1.807) is 19.2 Å². The lowest BCUT2D eigenvalue weighted by molar-refractivity contribution is 0.0697. The molecule has 0 fully saturated rings. The Hall–Kier alpha value is -2.63. The van der Waals surface area contributed by atoms with Crippen molar-refractivity contribution in [1.29, 1.82) is 0 Å². The van der Waals surface area contributed by atoms with Crippen molar-refractivity contribution in [2.24, 2.45) is 0 Å². The summed E-state index contributed by atoms with van der Waals surface area (Å²) in [6, 6.07) is 7.27. The van der Waals surface area contributed by atoms with Gasteiger partial charge in [-0.3, -0.25) is 0 Å². The van der Waals surface area contributed by atoms with Crippen LogP contribution in [-0.2, 0) is 0 Å². The Morgan fingerprint density at radius 3 is 2.36 bits per heavy atom. The van der Waals surface area contributed by atoms with Crippen molar-refractivity contribution in [3.63, 3.8) is 0 Å². The summed E-state index contributed by atoms with van der Waals surface area (Å²) in [5.74, 6) is 0.437. The van der Waals surface area contributed by atoms with E-state index in [4.69, 9.17) is 4.74 Å². The van der Waals surface area contributed by atoms with E-state index < -0.39 is 5.97 Å². The van der Waals surface area contributed by atoms with Crippen LogP contribution in [0.5, 0.6) is 5.75 Å². The van der Waals surface area contributed by atoms with Crippen molar-refractivity contribution in [2.75, 3.05) is 12.4 Å². The summed E-state index contributed by atoms with van der Waals surface area (Å²) in [7, 11) is 1.60. The van der Waals surface area contributed by atoms with Crippen LogP contribution in [0.15, 0.2) is 30.5 Å². The summed E-state index contributed by atoms with van der Waals surface area (Å²) in [5.41, 5.74) is 0.525. The fraction of sp³-hybridized carbons (Fsp3) is 0.312. The maximum absolute atomic E-state index is 11.3. The number of ether oxygens (including phenoxy) is 1. The van der Waals surface area contributed by atoms with Gasteiger partial charge >= 0.3 is 5.97 Å². The Kier molecular flexibility index (Phi) is 4.30. The minimum Gasteiger partial charge on any atom is -0.497 e. The van der Waals surface area contributed by atoms with Gasteiger partial charge in [-0.25, -0.2) is 14.8 Å². The Morgan fingerprint density at radius 1 is 1.23 bits per heavy atom. The summed E-state index contributed by atoms with van der Waals surface area (Å²) in [5, 5.41) is 12.4. The highest BCUT2D eigenvalue weighted by molar-refractivity contribution is 5.93. The van der Waals surface area contributed by atoms with Crippen LogP contribution >= 0.6 is 0 Å². The molecule has 2 rings (SSSR count). The van der Waals surface area contributed by atoms with E-state index in [0.717, 1.165) is 11.3 Å². The molecule has 0 aliphatic carbocycles. The average Bonchev–Trinajstić information content (AvgIpc) is 2.45. The van der Waals surface area contributed by atoms with Gasteiger partial charge in [0.25, 0.3) is 0 Å². The van der Waals surface area contributed by atoms with Gasteiger partial charge in [-0.1, -0.05) is 0 Å². The fourth-order valence-corrected chi connectivity index (χ4v) is 1.87. The third-order valence-electron chi connectivity index (χ3n) is 2.86. The topological polar surface area (TPSA) is 84.3 Å². The third kappa shape index (κ3) is 3.72. The second kappa shape index (κ2) is 6.01. The first-order valence-corrected chi connectivity index (χ1v) is 6.83. The molecule has 0 bridgehead atoms. The maximum atomic E-state index is 11.3. The molecular weight excluding hydrogens is 282 g/mol. The van der Waals surface area contributed by atoms with Crippen LogP contribution in [-0.4, -0.2) is 33.7 Å². The molecule has 2 N–H and O–H groups in total. The number of benzene rings is 1. The molecule has 0 amide bonds. The third-order valence-corrected chi connectivity index (χ3v) is 2.86. The van der Waals surface area contributed by atoms with Crippen LogP contribution in [0.25, 0.3) is 11.4 Å². The van der Waals surface area contributed by atoms with Crippen LogP contribution < -0.4 is 10.1 Å². The van der Waals surface area contributed by atoms with Crippen LogP contribution in [0.4, 0.5) is 5.82 Å². The molecular formula is C16H19N3O3. The average molecular weight is 301 g/mol. The quantitative estimate of drug-likeness (QED) is 0.903. The molecule has 6 heteroatoms. The first kappa shape index (κ1) is 15.8. The van der Waals surface area contributed by atoms with E-state index in [2.05, 4.69) is 15.3 Å². The molecule has 1 aromatic heterocycles. The van der Waals surface area contributed by atoms with E-state index in [-0.39, 0.29) is 11.1 Å². The van der Waals surface area contributed by atoms with E-state index >= 15 is 0 Å². The van der Waals surface area contributed by atoms with Crippen molar-refractivity contribution in [2.45, 2.75) is 26.3 Å². The summed E-state index contributed by atoms with van der Waals surface area (Å²) in [6.45, 7) is 5.81. The number of carbonyl (C=O) groups is 1. The number of nitrogens with zero attached hydrogens (tertiary/aromatic N) is 2. The zero-order valence-corrected chi connectivity index (χ0v) is 13.0. The lowest BCUT2D eigenvalue weighted by Gasteiger charge is -2.22. The zero-order valence-electron chi connectivity index (χ0n) is 13.0. The first-order chi connectivity index (χ1) is 10.3. The second-order valence-electron chi connectivity index (χ2n) is 5.86. The number of rotatable bonds is 4. The molecule has 6 nitrogen and oxygen atoms in total. The number of nitrogens with one attached hydrogen (secondary N) is 1. The minimum atomic E-state index is -1.06. The number of anilines is 1. The SMILES string of the molecule is COc1ccc(-c2ncc(C(=O)O)c(NC(C)(C)C)n2)cc1. The smallest absolute Gasteiger partial charge is 0.341 e. The van der Waals surface area contributed by atoms with Gasteiger partial charge in [-0.05, 0) is 45.0 Å². The van der Waals surface area contributed by atoms with E-state index in [1.165, 1.54) is 6.20 Å². The molecule has 0 aliphatic heterocycles. The molecule has 1 aromatic carbocycles. The molecule has 0 saturated carbocycles. The van der Waals surface area contributed by atoms with E-state index in [9.17, 15) is 9.90 Å². The Labute approximate surface area is 129 Å². The minimum absolute atomic E-state index is 0.0483. The molecule has 116 valence electrons. The second-order valence-corrected chi connectivity index (χ2v) is 5.86. The van der Waals surface area contributed by atoms with Crippen LogP contribution in [0.2, 0.25) is 0 Å². The summed E-state index contributed by atoms with van der Waals surface area (Å²) >= 11 is 0. The lowest BCUT2D eigenvalue weighted by Crippen LogP contribution is -2.28. The molecule has 0 unspecified atom stereocenters. The van der Waals surface area contributed by atoms with Gasteiger partial charge in [0, 0.05) is 17.3 Å². The summed E-state index contributed by atoms with van der Waals surface area (Å²) in [4.78, 5) is 19.8. The van der Waals surface area contributed by atoms with Crippen molar-refractivity contribution < 1.29 is 14.6 Å². The van der Waals surface area contributed by atoms with E-state index in [0.29, 0.717) is 11.6 Å². The standard InChI is InChI=1S/C16H19N3O3/c1-16(2,3)19-14-12(15(20)21)9-17-13(18-14)10-5-7-11(22-4)8-6-10/h5-9H,1-4H3,(H,20,21)(H,17,18,19). The number of hydrogen-bond donors (Lipinski definition) is 2. The van der Waals surface area contributed by atoms with Gasteiger partial charge in [0.15, 0.2) is 5.82 Å². The molecule has 0 spiro atoms. The van der Waals surface area contributed by atoms with Crippen LogP contribution in [0.3, 0.4) is 0 Å². The molecule has 22 heavy (non-hydrogen) atoms. The Morgan fingerprint density at radius 2 is 1.86 bits per heavy atom. The number of aromatic carboxylic acids is 1. The normalized spacial score (nSPS) is 11.1. The molecule has 2 aromatic rings. The van der Waals surface area contributed by atoms with E-state index in [1.807, 2.05) is 32.9 Å². The van der Waals surface area contributed by atoms with Gasteiger partial charge in [-0.2, -0.15) is 0 Å². The monoisotopic (exact) mass is 301 g/mol. The summed E-state index contributed by atoms with van der Waals surface area (Å²) in [6.07, 6.45) is 1.32. The van der Waals surface area contributed by atoms with Crippen molar-refractivity contribution in [1.82, 2.24) is 9.97 Å². The molecule has 0 saturated heterocycles. The molecule has 0 radical (unpaired) electrons. The zero-order chi connectivity index (χ0) is 16.3. The van der Waals surface area contributed by atoms with Crippen molar-refractivity contribution in [3.8, 4) is 17.1 Å². The largest absolute Gasteiger partial charge is 0.497 e. The van der Waals surface area contributed by atoms with Gasteiger partial charge in [0.2, 0.25) is 0 Å². The highest BCUT2D eigenvalue weighted by Crippen LogP contribution is 2.23. The van der Waals surface area contributed by atoms with Gasteiger partial charge in [0.1, 0.15) is 17.1 Å². The first-order valence-electron chi connectivity index (χ1n) is 6.83. The highest BCUT2D eigenvalue weighted by atomic mass is 16.5. The predicted octanol–water partition coefficient (Wildman–Crippen LogP) is 3.06. The molecule has 0 atom stereocenters. The number of hydrogen-bond acceptors (Lipinski definition) is 5. The maximum Gasteiger partial charge on any atom is 0.341 e. The Balaban J connectivity index is 2.44. The number of carboxylic acids is 1. The number of aromatic nitrogens is 2. The predicted molar refractivity (Wildman–Crippen MR) is 84.4 cm³/mol. The van der Waals surface area contributed by atoms with Crippen LogP contribution in [0.1, 0.15) is 31.1 Å². The lowest BCUT2D eigenvalue weighted by atomic mass is 10.1. The van der Waals surface area contributed by atoms with Crippen molar-refractivity contribution >= 4 is 11.8 Å². The number of methoxy groups -OCH3 is 1. The van der Waals surface area contributed by atoms with Gasteiger partial charge in [-0.15, -0.1) is 0 Å². The molecule has 1 heterocycles. The Bertz CT molecular complexity index is 676.